The zero-order chi connectivity index (χ0) is 17.8. The standard InChI is InChI=1S/C20H20N2O3/c1-14-4-3-5-16(12-14)15-8-10-22(11-9-15)19(23)17-6-7-18(21-13-17)20(24)25-2/h3-8,12-13H,9-11H2,1-2H3. The molecule has 1 aliphatic heterocycles. The molecule has 0 radical (unpaired) electrons. The number of ether oxygens (including phenoxy) is 1. The molecule has 0 saturated carbocycles. The average molecular weight is 336 g/mol. The van der Waals surface area contributed by atoms with E-state index in [1.807, 2.05) is 0 Å². The molecular weight excluding hydrogens is 316 g/mol. The highest BCUT2D eigenvalue weighted by atomic mass is 16.5. The topological polar surface area (TPSA) is 59.5 Å². The highest BCUT2D eigenvalue weighted by Gasteiger charge is 2.20. The molecule has 25 heavy (non-hydrogen) atoms. The Bertz CT molecular complexity index is 825. The van der Waals surface area contributed by atoms with Gasteiger partial charge in [-0.25, -0.2) is 9.78 Å². The van der Waals surface area contributed by atoms with Gasteiger partial charge in [-0.1, -0.05) is 35.9 Å². The first-order valence-electron chi connectivity index (χ1n) is 8.18. The third-order valence-electron chi connectivity index (χ3n) is 4.29. The molecule has 0 unspecified atom stereocenters. The first-order chi connectivity index (χ1) is 12.1. The summed E-state index contributed by atoms with van der Waals surface area (Å²) in [6.45, 7) is 3.31. The van der Waals surface area contributed by atoms with Gasteiger partial charge in [0.2, 0.25) is 0 Å². The molecule has 5 nitrogen and oxygen atoms in total. The molecule has 1 aromatic heterocycles. The Morgan fingerprint density at radius 2 is 2.04 bits per heavy atom. The van der Waals surface area contributed by atoms with E-state index < -0.39 is 5.97 Å². The van der Waals surface area contributed by atoms with Crippen LogP contribution in [0, 0.1) is 6.92 Å². The molecule has 128 valence electrons. The maximum atomic E-state index is 12.6. The molecule has 0 aliphatic carbocycles. The van der Waals surface area contributed by atoms with Crippen molar-refractivity contribution in [2.24, 2.45) is 0 Å². The smallest absolute Gasteiger partial charge is 0.356 e. The molecule has 0 N–H and O–H groups in total. The van der Waals surface area contributed by atoms with Crippen LogP contribution >= 0.6 is 0 Å². The van der Waals surface area contributed by atoms with Crippen LogP contribution in [0.1, 0.15) is 38.4 Å². The number of carbonyl (C=O) groups is 2. The van der Waals surface area contributed by atoms with E-state index in [1.165, 1.54) is 36.1 Å². The van der Waals surface area contributed by atoms with Crippen molar-refractivity contribution < 1.29 is 14.3 Å². The summed E-state index contributed by atoms with van der Waals surface area (Å²) in [5.74, 6) is -0.592. The molecule has 0 fully saturated rings. The summed E-state index contributed by atoms with van der Waals surface area (Å²) < 4.78 is 4.61. The minimum absolute atomic E-state index is 0.0801. The summed E-state index contributed by atoms with van der Waals surface area (Å²) in [4.78, 5) is 29.8. The number of pyridine rings is 1. The number of carbonyl (C=O) groups excluding carboxylic acids is 2. The number of methoxy groups -OCH3 is 1. The fraction of sp³-hybridized carbons (Fsp3) is 0.250. The molecule has 2 heterocycles. The maximum absolute atomic E-state index is 12.6. The van der Waals surface area contributed by atoms with E-state index in [2.05, 4.69) is 47.0 Å². The van der Waals surface area contributed by atoms with Gasteiger partial charge in [0.05, 0.1) is 12.7 Å². The maximum Gasteiger partial charge on any atom is 0.356 e. The Kier molecular flexibility index (Phi) is 4.93. The number of rotatable bonds is 3. The SMILES string of the molecule is COC(=O)c1ccc(C(=O)N2CC=C(c3cccc(C)c3)CC2)cn1. The van der Waals surface area contributed by atoms with Crippen molar-refractivity contribution in [1.29, 1.82) is 0 Å². The number of nitrogens with zero attached hydrogens (tertiary/aromatic N) is 2. The minimum Gasteiger partial charge on any atom is -0.464 e. The Morgan fingerprint density at radius 3 is 2.64 bits per heavy atom. The van der Waals surface area contributed by atoms with Gasteiger partial charge in [0.25, 0.3) is 5.91 Å². The molecule has 3 rings (SSSR count). The highest BCUT2D eigenvalue weighted by Crippen LogP contribution is 2.23. The van der Waals surface area contributed by atoms with Crippen LogP contribution < -0.4 is 0 Å². The molecule has 0 atom stereocenters. The van der Waals surface area contributed by atoms with Gasteiger partial charge < -0.3 is 9.64 Å². The van der Waals surface area contributed by atoms with Gasteiger partial charge in [0.15, 0.2) is 0 Å². The molecule has 5 heteroatoms. The summed E-state index contributed by atoms with van der Waals surface area (Å²) in [6.07, 6.45) is 4.35. The largest absolute Gasteiger partial charge is 0.464 e. The highest BCUT2D eigenvalue weighted by molar-refractivity contribution is 5.95. The molecular formula is C20H20N2O3. The lowest BCUT2D eigenvalue weighted by Crippen LogP contribution is -2.34. The summed E-state index contributed by atoms with van der Waals surface area (Å²) in [5.41, 5.74) is 4.39. The van der Waals surface area contributed by atoms with Gasteiger partial charge >= 0.3 is 5.97 Å². The van der Waals surface area contributed by atoms with Crippen molar-refractivity contribution in [2.75, 3.05) is 20.2 Å². The molecule has 0 saturated heterocycles. The Labute approximate surface area is 146 Å². The Balaban J connectivity index is 1.69. The molecule has 0 bridgehead atoms. The third-order valence-corrected chi connectivity index (χ3v) is 4.29. The predicted molar refractivity (Wildman–Crippen MR) is 95.3 cm³/mol. The lowest BCUT2D eigenvalue weighted by molar-refractivity contribution is 0.0593. The lowest BCUT2D eigenvalue weighted by Gasteiger charge is -2.26. The van der Waals surface area contributed by atoms with Gasteiger partial charge in [-0.05, 0) is 36.6 Å². The first-order valence-corrected chi connectivity index (χ1v) is 8.18. The van der Waals surface area contributed by atoms with E-state index in [4.69, 9.17) is 0 Å². The van der Waals surface area contributed by atoms with E-state index in [0.29, 0.717) is 18.7 Å². The van der Waals surface area contributed by atoms with Crippen LogP contribution in [0.15, 0.2) is 48.7 Å². The van der Waals surface area contributed by atoms with Crippen molar-refractivity contribution >= 4 is 17.4 Å². The van der Waals surface area contributed by atoms with E-state index >= 15 is 0 Å². The molecule has 1 aliphatic rings. The molecule has 0 spiro atoms. The van der Waals surface area contributed by atoms with E-state index in [9.17, 15) is 9.59 Å². The van der Waals surface area contributed by atoms with Crippen LogP contribution in [0.25, 0.3) is 5.57 Å². The Hall–Kier alpha value is -2.95. The van der Waals surface area contributed by atoms with Crippen LogP contribution in [-0.4, -0.2) is 42.0 Å². The summed E-state index contributed by atoms with van der Waals surface area (Å²) >= 11 is 0. The second-order valence-electron chi connectivity index (χ2n) is 6.02. The number of benzene rings is 1. The van der Waals surface area contributed by atoms with Crippen LogP contribution in [0.3, 0.4) is 0 Å². The molecule has 1 aromatic carbocycles. The fourth-order valence-electron chi connectivity index (χ4n) is 2.89. The van der Waals surface area contributed by atoms with Crippen molar-refractivity contribution in [3.05, 3.63) is 71.1 Å². The van der Waals surface area contributed by atoms with Gasteiger partial charge in [-0.2, -0.15) is 0 Å². The van der Waals surface area contributed by atoms with E-state index in [-0.39, 0.29) is 11.6 Å². The first kappa shape index (κ1) is 16.9. The summed E-state index contributed by atoms with van der Waals surface area (Å²) in [6, 6.07) is 11.5. The van der Waals surface area contributed by atoms with Crippen molar-refractivity contribution in [3.8, 4) is 0 Å². The van der Waals surface area contributed by atoms with Crippen molar-refractivity contribution in [1.82, 2.24) is 9.88 Å². The van der Waals surface area contributed by atoms with Crippen molar-refractivity contribution in [3.63, 3.8) is 0 Å². The number of hydrogen-bond acceptors (Lipinski definition) is 4. The van der Waals surface area contributed by atoms with Gasteiger partial charge in [-0.15, -0.1) is 0 Å². The minimum atomic E-state index is -0.511. The van der Waals surface area contributed by atoms with Gasteiger partial charge in [0, 0.05) is 19.3 Å². The Morgan fingerprint density at radius 1 is 1.20 bits per heavy atom. The molecule has 2 aromatic rings. The van der Waals surface area contributed by atoms with Crippen LogP contribution in [0.2, 0.25) is 0 Å². The van der Waals surface area contributed by atoms with Crippen LogP contribution in [0.5, 0.6) is 0 Å². The fourth-order valence-corrected chi connectivity index (χ4v) is 2.89. The zero-order valence-corrected chi connectivity index (χ0v) is 14.4. The third kappa shape index (κ3) is 3.76. The van der Waals surface area contributed by atoms with Crippen molar-refractivity contribution in [2.45, 2.75) is 13.3 Å². The van der Waals surface area contributed by atoms with E-state index in [0.717, 1.165) is 6.42 Å². The summed E-state index contributed by atoms with van der Waals surface area (Å²) in [5, 5.41) is 0. The number of amides is 1. The number of esters is 1. The normalized spacial score (nSPS) is 14.0. The van der Waals surface area contributed by atoms with E-state index in [1.54, 1.807) is 11.0 Å². The van der Waals surface area contributed by atoms with Crippen LogP contribution in [-0.2, 0) is 4.74 Å². The molecule has 1 amide bonds. The number of aryl methyl sites for hydroxylation is 1. The van der Waals surface area contributed by atoms with Gasteiger partial charge in [0.1, 0.15) is 5.69 Å². The predicted octanol–water partition coefficient (Wildman–Crippen LogP) is 3.11. The lowest BCUT2D eigenvalue weighted by atomic mass is 9.98. The second-order valence-corrected chi connectivity index (χ2v) is 6.02. The average Bonchev–Trinajstić information content (AvgIpc) is 2.67. The zero-order valence-electron chi connectivity index (χ0n) is 14.4. The van der Waals surface area contributed by atoms with Crippen LogP contribution in [0.4, 0.5) is 0 Å². The number of hydrogen-bond donors (Lipinski definition) is 0. The number of aromatic nitrogens is 1. The van der Waals surface area contributed by atoms with Gasteiger partial charge in [-0.3, -0.25) is 4.79 Å². The quantitative estimate of drug-likeness (QED) is 0.808. The summed E-state index contributed by atoms with van der Waals surface area (Å²) in [7, 11) is 1.30. The second kappa shape index (κ2) is 7.30. The monoisotopic (exact) mass is 336 g/mol.